The van der Waals surface area contributed by atoms with Crippen LogP contribution in [-0.4, -0.2) is 47.6 Å². The number of rotatable bonds is 5. The summed E-state index contributed by atoms with van der Waals surface area (Å²) in [6.07, 6.45) is 0.350. The molecule has 0 radical (unpaired) electrons. The van der Waals surface area contributed by atoms with Crippen LogP contribution >= 0.6 is 0 Å². The molecule has 0 amide bonds. The molecule has 2 unspecified atom stereocenters. The number of anilines is 2. The van der Waals surface area contributed by atoms with Gasteiger partial charge in [-0.2, -0.15) is 0 Å². The molecule has 21 heavy (non-hydrogen) atoms. The molecule has 1 aromatic heterocycles. The van der Waals surface area contributed by atoms with E-state index in [1.807, 2.05) is 4.90 Å². The van der Waals surface area contributed by atoms with Crippen molar-refractivity contribution in [2.24, 2.45) is 5.92 Å². The second-order valence-electron chi connectivity index (χ2n) is 5.37. The van der Waals surface area contributed by atoms with Crippen LogP contribution in [0.15, 0.2) is 9.59 Å². The summed E-state index contributed by atoms with van der Waals surface area (Å²) in [6.45, 7) is 3.52. The number of nitrogens with one attached hydrogen (secondary N) is 1. The van der Waals surface area contributed by atoms with Crippen LogP contribution in [0.3, 0.4) is 0 Å². The lowest BCUT2D eigenvalue weighted by Crippen LogP contribution is -2.38. The smallest absolute Gasteiger partial charge is 0.330 e. The summed E-state index contributed by atoms with van der Waals surface area (Å²) in [7, 11) is 1.53. The molecule has 0 aromatic carbocycles. The standard InChI is InChI=1S/C13H22N4O4/c1-8(18)9-3-4-16(7-9)10-11(14)17(5-6-21-2)13(20)15-12(10)19/h8-9,18H,3-7,14H2,1-2H3,(H,15,19,20). The summed E-state index contributed by atoms with van der Waals surface area (Å²) in [5.74, 6) is 0.246. The molecule has 2 atom stereocenters. The molecule has 1 fully saturated rings. The van der Waals surface area contributed by atoms with Gasteiger partial charge in [0.25, 0.3) is 5.56 Å². The summed E-state index contributed by atoms with van der Waals surface area (Å²) >= 11 is 0. The lowest BCUT2D eigenvalue weighted by Gasteiger charge is -2.22. The fourth-order valence-electron chi connectivity index (χ4n) is 2.67. The largest absolute Gasteiger partial charge is 0.393 e. The number of nitrogens with zero attached hydrogens (tertiary/aromatic N) is 2. The Hall–Kier alpha value is -1.80. The van der Waals surface area contributed by atoms with Crippen molar-refractivity contribution in [3.05, 3.63) is 20.8 Å². The first kappa shape index (κ1) is 15.6. The molecular weight excluding hydrogens is 276 g/mol. The highest BCUT2D eigenvalue weighted by molar-refractivity contribution is 5.63. The number of hydrogen-bond acceptors (Lipinski definition) is 6. The summed E-state index contributed by atoms with van der Waals surface area (Å²) < 4.78 is 6.25. The zero-order valence-electron chi connectivity index (χ0n) is 12.3. The van der Waals surface area contributed by atoms with Gasteiger partial charge in [0, 0.05) is 26.1 Å². The van der Waals surface area contributed by atoms with Crippen molar-refractivity contribution in [3.8, 4) is 0 Å². The van der Waals surface area contributed by atoms with E-state index in [0.717, 1.165) is 6.42 Å². The molecule has 0 aliphatic carbocycles. The number of nitrogen functional groups attached to an aromatic ring is 1. The Bertz CT molecular complexity index is 607. The van der Waals surface area contributed by atoms with E-state index in [2.05, 4.69) is 4.98 Å². The predicted octanol–water partition coefficient (Wildman–Crippen LogP) is -1.03. The number of aliphatic hydroxyl groups excluding tert-OH is 1. The quantitative estimate of drug-likeness (QED) is 0.641. The fraction of sp³-hybridized carbons (Fsp3) is 0.692. The van der Waals surface area contributed by atoms with Gasteiger partial charge in [-0.15, -0.1) is 0 Å². The Morgan fingerprint density at radius 1 is 1.52 bits per heavy atom. The SMILES string of the molecule is COCCn1c(N)c(N2CCC(C(C)O)C2)c(=O)[nH]c1=O. The second-order valence-corrected chi connectivity index (χ2v) is 5.37. The number of H-pyrrole nitrogens is 1. The first-order chi connectivity index (χ1) is 9.95. The summed E-state index contributed by atoms with van der Waals surface area (Å²) in [5, 5.41) is 9.65. The number of hydrogen-bond donors (Lipinski definition) is 3. The number of aromatic nitrogens is 2. The highest BCUT2D eigenvalue weighted by atomic mass is 16.5. The zero-order valence-corrected chi connectivity index (χ0v) is 12.3. The van der Waals surface area contributed by atoms with Gasteiger partial charge in [-0.3, -0.25) is 14.3 Å². The van der Waals surface area contributed by atoms with Crippen molar-refractivity contribution in [1.82, 2.24) is 9.55 Å². The van der Waals surface area contributed by atoms with E-state index in [9.17, 15) is 14.7 Å². The van der Waals surface area contributed by atoms with Crippen LogP contribution in [0.25, 0.3) is 0 Å². The van der Waals surface area contributed by atoms with Gasteiger partial charge in [-0.25, -0.2) is 4.79 Å². The van der Waals surface area contributed by atoms with Gasteiger partial charge in [-0.05, 0) is 13.3 Å². The third kappa shape index (κ3) is 3.11. The highest BCUT2D eigenvalue weighted by Crippen LogP contribution is 2.26. The summed E-state index contributed by atoms with van der Waals surface area (Å²) in [5.41, 5.74) is 5.28. The average Bonchev–Trinajstić information content (AvgIpc) is 2.87. The number of aromatic amines is 1. The van der Waals surface area contributed by atoms with E-state index in [1.165, 1.54) is 11.7 Å². The minimum absolute atomic E-state index is 0.100. The first-order valence-corrected chi connectivity index (χ1v) is 7.00. The van der Waals surface area contributed by atoms with Crippen molar-refractivity contribution < 1.29 is 9.84 Å². The molecule has 1 aliphatic heterocycles. The van der Waals surface area contributed by atoms with Gasteiger partial charge in [0.1, 0.15) is 11.5 Å². The minimum Gasteiger partial charge on any atom is -0.393 e. The molecule has 0 saturated carbocycles. The Morgan fingerprint density at radius 2 is 2.24 bits per heavy atom. The van der Waals surface area contributed by atoms with Gasteiger partial charge in [0.15, 0.2) is 0 Å². The van der Waals surface area contributed by atoms with E-state index in [-0.39, 0.29) is 18.3 Å². The van der Waals surface area contributed by atoms with E-state index < -0.39 is 17.4 Å². The molecule has 8 nitrogen and oxygen atoms in total. The van der Waals surface area contributed by atoms with Gasteiger partial charge >= 0.3 is 5.69 Å². The van der Waals surface area contributed by atoms with Crippen LogP contribution in [-0.2, 0) is 11.3 Å². The Kier molecular flexibility index (Phi) is 4.69. The Labute approximate surface area is 122 Å². The van der Waals surface area contributed by atoms with Gasteiger partial charge < -0.3 is 20.5 Å². The molecule has 2 heterocycles. The van der Waals surface area contributed by atoms with E-state index in [4.69, 9.17) is 10.5 Å². The van der Waals surface area contributed by atoms with Crippen LogP contribution < -0.4 is 21.9 Å². The van der Waals surface area contributed by atoms with Crippen molar-refractivity contribution in [2.75, 3.05) is 37.4 Å². The monoisotopic (exact) mass is 298 g/mol. The van der Waals surface area contributed by atoms with Crippen molar-refractivity contribution >= 4 is 11.5 Å². The Balaban J connectivity index is 2.36. The lowest BCUT2D eigenvalue weighted by molar-refractivity contribution is 0.136. The molecule has 1 aromatic rings. The van der Waals surface area contributed by atoms with Gasteiger partial charge in [-0.1, -0.05) is 0 Å². The normalized spacial score (nSPS) is 20.0. The molecule has 1 aliphatic rings. The molecular formula is C13H22N4O4. The molecule has 1 saturated heterocycles. The van der Waals surface area contributed by atoms with Crippen LogP contribution in [0, 0.1) is 5.92 Å². The Morgan fingerprint density at radius 3 is 2.81 bits per heavy atom. The maximum atomic E-state index is 12.1. The molecule has 118 valence electrons. The molecule has 4 N–H and O–H groups in total. The number of aliphatic hydroxyl groups is 1. The van der Waals surface area contributed by atoms with Gasteiger partial charge in [0.2, 0.25) is 0 Å². The molecule has 2 rings (SSSR count). The van der Waals surface area contributed by atoms with Gasteiger partial charge in [0.05, 0.1) is 19.3 Å². The van der Waals surface area contributed by atoms with E-state index >= 15 is 0 Å². The predicted molar refractivity (Wildman–Crippen MR) is 79.6 cm³/mol. The topological polar surface area (TPSA) is 114 Å². The molecule has 8 heteroatoms. The average molecular weight is 298 g/mol. The van der Waals surface area contributed by atoms with Crippen molar-refractivity contribution in [3.63, 3.8) is 0 Å². The zero-order chi connectivity index (χ0) is 15.6. The minimum atomic E-state index is -0.537. The highest BCUT2D eigenvalue weighted by Gasteiger charge is 2.29. The van der Waals surface area contributed by atoms with Crippen LogP contribution in [0.4, 0.5) is 11.5 Å². The summed E-state index contributed by atoms with van der Waals surface area (Å²) in [6, 6.07) is 0. The van der Waals surface area contributed by atoms with Crippen molar-refractivity contribution in [2.45, 2.75) is 26.0 Å². The molecule has 0 spiro atoms. The van der Waals surface area contributed by atoms with Crippen LogP contribution in [0.1, 0.15) is 13.3 Å². The lowest BCUT2D eigenvalue weighted by atomic mass is 10.0. The fourth-order valence-corrected chi connectivity index (χ4v) is 2.67. The summed E-state index contributed by atoms with van der Waals surface area (Å²) in [4.78, 5) is 28.0. The third-order valence-corrected chi connectivity index (χ3v) is 3.96. The number of nitrogens with two attached hydrogens (primary N) is 1. The number of ether oxygens (including phenoxy) is 1. The van der Waals surface area contributed by atoms with E-state index in [0.29, 0.717) is 25.4 Å². The third-order valence-electron chi connectivity index (χ3n) is 3.96. The van der Waals surface area contributed by atoms with Crippen LogP contribution in [0.5, 0.6) is 0 Å². The van der Waals surface area contributed by atoms with E-state index in [1.54, 1.807) is 6.92 Å². The first-order valence-electron chi connectivity index (χ1n) is 7.00. The second kappa shape index (κ2) is 6.31. The molecule has 0 bridgehead atoms. The van der Waals surface area contributed by atoms with Crippen molar-refractivity contribution in [1.29, 1.82) is 0 Å². The number of methoxy groups -OCH3 is 1. The maximum Gasteiger partial charge on any atom is 0.330 e. The maximum absolute atomic E-state index is 12.1. The van der Waals surface area contributed by atoms with Crippen LogP contribution in [0.2, 0.25) is 0 Å².